The van der Waals surface area contributed by atoms with Crippen molar-refractivity contribution in [2.75, 3.05) is 0 Å². The molecule has 0 saturated heterocycles. The molecule has 0 atom stereocenters. The Labute approximate surface area is 48.9 Å². The van der Waals surface area contributed by atoms with Gasteiger partial charge < -0.3 is 0 Å². The van der Waals surface area contributed by atoms with Crippen molar-refractivity contribution in [1.82, 2.24) is 0 Å². The second-order valence-corrected chi connectivity index (χ2v) is 1.03. The Morgan fingerprint density at radius 2 is 2.00 bits per heavy atom. The van der Waals surface area contributed by atoms with E-state index in [1.165, 1.54) is 6.21 Å². The maximum Gasteiger partial charge on any atom is 0.0495 e. The number of hydrogen-bond acceptors (Lipinski definition) is 2. The molecule has 0 rings (SSSR count). The zero-order valence-corrected chi connectivity index (χ0v) is 4.62. The Bertz CT molecular complexity index is 106. The van der Waals surface area contributed by atoms with Crippen molar-refractivity contribution in [1.29, 1.82) is 0 Å². The van der Waals surface area contributed by atoms with E-state index in [9.17, 15) is 0 Å². The fourth-order valence-corrected chi connectivity index (χ4v) is 0.214. The molecule has 0 fully saturated rings. The summed E-state index contributed by atoms with van der Waals surface area (Å²) in [7, 11) is 0. The summed E-state index contributed by atoms with van der Waals surface area (Å²) < 4.78 is 0. The molecule has 0 spiro atoms. The molecule has 0 aliphatic heterocycles. The molecule has 0 radical (unpaired) electrons. The van der Waals surface area contributed by atoms with Crippen LogP contribution in [0.4, 0.5) is 0 Å². The molecule has 0 N–H and O–H groups in total. The Morgan fingerprint density at radius 1 is 1.25 bits per heavy atom. The van der Waals surface area contributed by atoms with Gasteiger partial charge in [-0.3, -0.25) is 0 Å². The van der Waals surface area contributed by atoms with Crippen LogP contribution in [0.1, 0.15) is 0 Å². The summed E-state index contributed by atoms with van der Waals surface area (Å²) in [6.45, 7) is 6.61. The molecule has 0 aromatic carbocycles. The van der Waals surface area contributed by atoms with Crippen molar-refractivity contribution in [3.05, 3.63) is 24.8 Å². The lowest BCUT2D eigenvalue weighted by Crippen LogP contribution is -1.57. The normalized spacial score (nSPS) is 10.5. The summed E-state index contributed by atoms with van der Waals surface area (Å²) in [4.78, 5) is 0. The second-order valence-electron chi connectivity index (χ2n) is 1.03. The standard InChI is InChI=1S/C6H8N2/c1-3-4-5-6-8-7-2/h3-6H,1-2H2/b5-4-,8-6-. The van der Waals surface area contributed by atoms with E-state index >= 15 is 0 Å². The Morgan fingerprint density at radius 3 is 2.50 bits per heavy atom. The topological polar surface area (TPSA) is 24.7 Å². The van der Waals surface area contributed by atoms with Gasteiger partial charge in [0.2, 0.25) is 0 Å². The van der Waals surface area contributed by atoms with E-state index < -0.39 is 0 Å². The van der Waals surface area contributed by atoms with Crippen LogP contribution in [0.15, 0.2) is 35.0 Å². The van der Waals surface area contributed by atoms with Gasteiger partial charge in [0.1, 0.15) is 0 Å². The maximum absolute atomic E-state index is 3.46. The van der Waals surface area contributed by atoms with Gasteiger partial charge in [-0.15, -0.1) is 0 Å². The van der Waals surface area contributed by atoms with Crippen LogP contribution in [-0.4, -0.2) is 12.9 Å². The van der Waals surface area contributed by atoms with E-state index in [0.29, 0.717) is 0 Å². The lowest BCUT2D eigenvalue weighted by Gasteiger charge is -1.67. The van der Waals surface area contributed by atoms with E-state index in [-0.39, 0.29) is 0 Å². The molecule has 0 aliphatic rings. The van der Waals surface area contributed by atoms with E-state index in [1.807, 2.05) is 0 Å². The zero-order chi connectivity index (χ0) is 6.24. The van der Waals surface area contributed by atoms with Gasteiger partial charge in [0, 0.05) is 12.9 Å². The molecule has 8 heavy (non-hydrogen) atoms. The van der Waals surface area contributed by atoms with Crippen LogP contribution in [0.5, 0.6) is 0 Å². The van der Waals surface area contributed by atoms with Crippen LogP contribution >= 0.6 is 0 Å². The first kappa shape index (κ1) is 6.82. The third kappa shape index (κ3) is 4.82. The van der Waals surface area contributed by atoms with Crippen molar-refractivity contribution in [3.8, 4) is 0 Å². The molecule has 0 saturated carbocycles. The third-order valence-electron chi connectivity index (χ3n) is 0.482. The highest BCUT2D eigenvalue weighted by Crippen LogP contribution is 1.69. The minimum atomic E-state index is 1.54. The van der Waals surface area contributed by atoms with Gasteiger partial charge in [0.05, 0.1) is 0 Å². The van der Waals surface area contributed by atoms with Gasteiger partial charge in [-0.25, -0.2) is 0 Å². The summed E-state index contributed by atoms with van der Waals surface area (Å²) in [6.07, 6.45) is 6.68. The van der Waals surface area contributed by atoms with Crippen LogP contribution in [-0.2, 0) is 0 Å². The van der Waals surface area contributed by atoms with Crippen molar-refractivity contribution in [2.45, 2.75) is 0 Å². The van der Waals surface area contributed by atoms with Gasteiger partial charge in [-0.2, -0.15) is 10.2 Å². The van der Waals surface area contributed by atoms with Crippen molar-refractivity contribution in [3.63, 3.8) is 0 Å². The molecule has 2 heteroatoms. The average Bonchev–Trinajstić information content (AvgIpc) is 1.81. The minimum Gasteiger partial charge on any atom is -0.167 e. The summed E-state index contributed by atoms with van der Waals surface area (Å²) in [6, 6.07) is 0. The first-order valence-electron chi connectivity index (χ1n) is 2.18. The number of nitrogens with zero attached hydrogens (tertiary/aromatic N) is 2. The highest BCUT2D eigenvalue weighted by atomic mass is 15.2. The molecule has 42 valence electrons. The van der Waals surface area contributed by atoms with E-state index in [4.69, 9.17) is 0 Å². The van der Waals surface area contributed by atoms with Crippen LogP contribution in [0.3, 0.4) is 0 Å². The van der Waals surface area contributed by atoms with Gasteiger partial charge >= 0.3 is 0 Å². The number of allylic oxidation sites excluding steroid dienone is 3. The fourth-order valence-electron chi connectivity index (χ4n) is 0.214. The predicted octanol–water partition coefficient (Wildman–Crippen LogP) is 1.41. The molecular formula is C6H8N2. The number of hydrogen-bond donors (Lipinski definition) is 0. The molecule has 0 bridgehead atoms. The summed E-state index contributed by atoms with van der Waals surface area (Å²) >= 11 is 0. The largest absolute Gasteiger partial charge is 0.167 e. The van der Waals surface area contributed by atoms with Gasteiger partial charge in [0.25, 0.3) is 0 Å². The molecular weight excluding hydrogens is 100 g/mol. The SMILES string of the molecule is C=C/C=C\C=N/N=C. The molecule has 2 nitrogen and oxygen atoms in total. The van der Waals surface area contributed by atoms with Crippen molar-refractivity contribution < 1.29 is 0 Å². The Kier molecular flexibility index (Phi) is 4.96. The summed E-state index contributed by atoms with van der Waals surface area (Å²) in [5.74, 6) is 0. The maximum atomic E-state index is 3.46. The van der Waals surface area contributed by atoms with Gasteiger partial charge in [-0.1, -0.05) is 18.7 Å². The molecule has 0 aliphatic carbocycles. The fraction of sp³-hybridized carbons (Fsp3) is 0. The predicted molar refractivity (Wildman–Crippen MR) is 37.4 cm³/mol. The quantitative estimate of drug-likeness (QED) is 0.297. The van der Waals surface area contributed by atoms with Crippen LogP contribution in [0, 0.1) is 0 Å². The average molecular weight is 108 g/mol. The van der Waals surface area contributed by atoms with Crippen LogP contribution < -0.4 is 0 Å². The van der Waals surface area contributed by atoms with Crippen LogP contribution in [0.2, 0.25) is 0 Å². The van der Waals surface area contributed by atoms with E-state index in [2.05, 4.69) is 23.5 Å². The molecule has 0 unspecified atom stereocenters. The zero-order valence-electron chi connectivity index (χ0n) is 4.62. The van der Waals surface area contributed by atoms with Crippen LogP contribution in [0.25, 0.3) is 0 Å². The summed E-state index contributed by atoms with van der Waals surface area (Å²) in [5, 5.41) is 6.70. The minimum absolute atomic E-state index is 1.54. The second kappa shape index (κ2) is 5.82. The Balaban J connectivity index is 3.41. The van der Waals surface area contributed by atoms with Gasteiger partial charge in [-0.05, 0) is 6.08 Å². The lowest BCUT2D eigenvalue weighted by molar-refractivity contribution is 1.28. The first-order valence-corrected chi connectivity index (χ1v) is 2.18. The third-order valence-corrected chi connectivity index (χ3v) is 0.482. The molecule has 0 aromatic rings. The molecule has 0 heterocycles. The number of rotatable bonds is 3. The molecule has 0 aromatic heterocycles. The smallest absolute Gasteiger partial charge is 0.0495 e. The van der Waals surface area contributed by atoms with Crippen molar-refractivity contribution >= 4 is 12.9 Å². The summed E-state index contributed by atoms with van der Waals surface area (Å²) in [5.41, 5.74) is 0. The Hall–Kier alpha value is -1.18. The van der Waals surface area contributed by atoms with E-state index in [0.717, 1.165) is 0 Å². The molecule has 0 amide bonds. The highest BCUT2D eigenvalue weighted by molar-refractivity contribution is 5.71. The lowest BCUT2D eigenvalue weighted by atomic mass is 10.5. The van der Waals surface area contributed by atoms with Gasteiger partial charge in [0.15, 0.2) is 0 Å². The monoisotopic (exact) mass is 108 g/mol. The van der Waals surface area contributed by atoms with E-state index in [1.54, 1.807) is 18.2 Å². The highest BCUT2D eigenvalue weighted by Gasteiger charge is 1.55. The first-order chi connectivity index (χ1) is 3.91. The van der Waals surface area contributed by atoms with Crippen molar-refractivity contribution in [2.24, 2.45) is 10.2 Å².